The highest BCUT2D eigenvalue weighted by Crippen LogP contribution is 2.14. The Bertz CT molecular complexity index is 1360. The molecule has 4 aromatic rings. The fourth-order valence-corrected chi connectivity index (χ4v) is 3.83. The first-order valence-electron chi connectivity index (χ1n) is 10.2. The zero-order valence-corrected chi connectivity index (χ0v) is 18.2. The van der Waals surface area contributed by atoms with Gasteiger partial charge in [0, 0.05) is 17.5 Å². The van der Waals surface area contributed by atoms with E-state index in [1.54, 1.807) is 48.7 Å². The second-order valence-corrected chi connectivity index (χ2v) is 8.09. The highest BCUT2D eigenvalue weighted by Gasteiger charge is 2.17. The maximum absolute atomic E-state index is 12.9. The summed E-state index contributed by atoms with van der Waals surface area (Å²) >= 11 is 5.95. The van der Waals surface area contributed by atoms with Crippen molar-refractivity contribution in [1.82, 2.24) is 14.5 Å². The van der Waals surface area contributed by atoms with Gasteiger partial charge >= 0.3 is 11.1 Å². The van der Waals surface area contributed by atoms with E-state index in [0.717, 1.165) is 11.3 Å². The van der Waals surface area contributed by atoms with E-state index in [-0.39, 0.29) is 25.0 Å². The third-order valence-electron chi connectivity index (χ3n) is 5.19. The van der Waals surface area contributed by atoms with Crippen molar-refractivity contribution in [2.75, 3.05) is 0 Å². The largest absolute Gasteiger partial charge is 0.469 e. The number of halogens is 1. The Morgan fingerprint density at radius 3 is 2.28 bits per heavy atom. The molecular weight excluding hydrogens is 430 g/mol. The molecule has 1 unspecified atom stereocenters. The predicted octanol–water partition coefficient (Wildman–Crippen LogP) is 3.21. The summed E-state index contributed by atoms with van der Waals surface area (Å²) in [5, 5.41) is 3.45. The fourth-order valence-electron chi connectivity index (χ4n) is 3.70. The predicted molar refractivity (Wildman–Crippen MR) is 123 cm³/mol. The van der Waals surface area contributed by atoms with Crippen LogP contribution in [0.25, 0.3) is 11.0 Å². The number of nitrogens with one attached hydrogen (secondary N) is 1. The van der Waals surface area contributed by atoms with E-state index in [9.17, 15) is 14.4 Å². The van der Waals surface area contributed by atoms with Gasteiger partial charge in [-0.25, -0.2) is 0 Å². The molecule has 2 aromatic carbocycles. The van der Waals surface area contributed by atoms with Crippen LogP contribution in [0.3, 0.4) is 0 Å². The highest BCUT2D eigenvalue weighted by atomic mass is 35.5. The molecule has 1 N–H and O–H groups in total. The van der Waals surface area contributed by atoms with Gasteiger partial charge in [-0.15, -0.1) is 0 Å². The lowest BCUT2D eigenvalue weighted by molar-refractivity contribution is -0.122. The smallest absolute Gasteiger partial charge is 0.317 e. The first-order valence-corrected chi connectivity index (χ1v) is 10.6. The van der Waals surface area contributed by atoms with Gasteiger partial charge in [-0.1, -0.05) is 35.9 Å². The molecule has 0 saturated carbocycles. The third-order valence-corrected chi connectivity index (χ3v) is 5.44. The standard InChI is InChI=1S/C24H22ClN3O4/c1-16(13-19-5-4-12-32-19)26-22(29)15-28-21-7-3-2-6-20(21)27(23(30)24(28)31)14-17-8-10-18(25)11-9-17/h2-12,16H,13-15H2,1H3,(H,26,29). The number of furan rings is 1. The summed E-state index contributed by atoms with van der Waals surface area (Å²) in [6, 6.07) is 17.6. The van der Waals surface area contributed by atoms with Crippen LogP contribution in [0, 0.1) is 0 Å². The minimum Gasteiger partial charge on any atom is -0.469 e. The Labute approximate surface area is 188 Å². The van der Waals surface area contributed by atoms with Crippen LogP contribution in [-0.4, -0.2) is 21.1 Å². The SMILES string of the molecule is CC(Cc1ccco1)NC(=O)Cn1c(=O)c(=O)n(Cc2ccc(Cl)cc2)c2ccccc21. The Balaban J connectivity index is 1.63. The molecule has 0 aliphatic heterocycles. The van der Waals surface area contributed by atoms with Gasteiger partial charge in [0.1, 0.15) is 12.3 Å². The van der Waals surface area contributed by atoms with Crippen molar-refractivity contribution < 1.29 is 9.21 Å². The van der Waals surface area contributed by atoms with E-state index in [1.165, 1.54) is 9.13 Å². The van der Waals surface area contributed by atoms with Crippen molar-refractivity contribution in [3.8, 4) is 0 Å². The summed E-state index contributed by atoms with van der Waals surface area (Å²) < 4.78 is 7.96. The molecule has 164 valence electrons. The Kier molecular flexibility index (Phi) is 6.28. The summed E-state index contributed by atoms with van der Waals surface area (Å²) in [5.41, 5.74) is 0.494. The van der Waals surface area contributed by atoms with Crippen molar-refractivity contribution in [3.63, 3.8) is 0 Å². The minimum atomic E-state index is -0.744. The van der Waals surface area contributed by atoms with Gasteiger partial charge in [0.2, 0.25) is 5.91 Å². The molecule has 32 heavy (non-hydrogen) atoms. The summed E-state index contributed by atoms with van der Waals surface area (Å²) in [6.45, 7) is 1.82. The van der Waals surface area contributed by atoms with Crippen LogP contribution in [0.1, 0.15) is 18.2 Å². The molecule has 1 atom stereocenters. The minimum absolute atomic E-state index is 0.194. The Hall–Kier alpha value is -3.58. The number of carbonyl (C=O) groups excluding carboxylic acids is 1. The third kappa shape index (κ3) is 4.68. The maximum Gasteiger partial charge on any atom is 0.317 e. The van der Waals surface area contributed by atoms with Gasteiger partial charge in [-0.05, 0) is 48.9 Å². The Morgan fingerprint density at radius 2 is 1.62 bits per heavy atom. The maximum atomic E-state index is 12.9. The molecule has 0 aliphatic carbocycles. The number of benzene rings is 2. The second kappa shape index (κ2) is 9.28. The molecule has 0 radical (unpaired) electrons. The van der Waals surface area contributed by atoms with Crippen molar-refractivity contribution in [1.29, 1.82) is 0 Å². The monoisotopic (exact) mass is 451 g/mol. The number of rotatable bonds is 7. The number of carbonyl (C=O) groups is 1. The van der Waals surface area contributed by atoms with Crippen molar-refractivity contribution in [3.05, 3.63) is 104 Å². The normalized spacial score (nSPS) is 12.1. The molecule has 0 fully saturated rings. The second-order valence-electron chi connectivity index (χ2n) is 7.65. The summed E-state index contributed by atoms with van der Waals surface area (Å²) in [5.74, 6) is 0.399. The average Bonchev–Trinajstić information content (AvgIpc) is 3.28. The van der Waals surface area contributed by atoms with E-state index in [2.05, 4.69) is 5.32 Å². The number of hydrogen-bond acceptors (Lipinski definition) is 4. The number of nitrogens with zero attached hydrogens (tertiary/aromatic N) is 2. The van der Waals surface area contributed by atoms with E-state index < -0.39 is 11.1 Å². The van der Waals surface area contributed by atoms with E-state index >= 15 is 0 Å². The quantitative estimate of drug-likeness (QED) is 0.437. The number of aromatic nitrogens is 2. The molecule has 4 rings (SSSR count). The first kappa shape index (κ1) is 21.6. The van der Waals surface area contributed by atoms with E-state index in [1.807, 2.05) is 25.1 Å². The molecule has 0 spiro atoms. The number of amides is 1. The Morgan fingerprint density at radius 1 is 0.969 bits per heavy atom. The van der Waals surface area contributed by atoms with Crippen LogP contribution in [0.5, 0.6) is 0 Å². The summed E-state index contributed by atoms with van der Waals surface area (Å²) in [7, 11) is 0. The van der Waals surface area contributed by atoms with Crippen LogP contribution in [0.15, 0.2) is 80.9 Å². The van der Waals surface area contributed by atoms with Gasteiger partial charge in [0.25, 0.3) is 0 Å². The van der Waals surface area contributed by atoms with Gasteiger partial charge in [0.15, 0.2) is 0 Å². The lowest BCUT2D eigenvalue weighted by Gasteiger charge is -2.17. The molecule has 2 heterocycles. The molecule has 8 heteroatoms. The van der Waals surface area contributed by atoms with Crippen LogP contribution in [0.2, 0.25) is 5.02 Å². The molecular formula is C24H22ClN3O4. The van der Waals surface area contributed by atoms with Gasteiger partial charge in [0.05, 0.1) is 23.8 Å². The lowest BCUT2D eigenvalue weighted by atomic mass is 10.2. The summed E-state index contributed by atoms with van der Waals surface area (Å²) in [4.78, 5) is 38.5. The molecule has 2 aromatic heterocycles. The van der Waals surface area contributed by atoms with Crippen LogP contribution in [0.4, 0.5) is 0 Å². The fraction of sp³-hybridized carbons (Fsp3) is 0.208. The van der Waals surface area contributed by atoms with Gasteiger partial charge < -0.3 is 9.73 Å². The topological polar surface area (TPSA) is 86.2 Å². The number of fused-ring (bicyclic) bond motifs is 1. The molecule has 0 aliphatic rings. The highest BCUT2D eigenvalue weighted by molar-refractivity contribution is 6.30. The van der Waals surface area contributed by atoms with Crippen LogP contribution < -0.4 is 16.4 Å². The molecule has 0 bridgehead atoms. The lowest BCUT2D eigenvalue weighted by Crippen LogP contribution is -2.45. The number of hydrogen-bond donors (Lipinski definition) is 1. The molecule has 7 nitrogen and oxygen atoms in total. The van der Waals surface area contributed by atoms with Crippen LogP contribution >= 0.6 is 11.6 Å². The van der Waals surface area contributed by atoms with E-state index in [0.29, 0.717) is 22.5 Å². The first-order chi connectivity index (χ1) is 15.4. The van der Waals surface area contributed by atoms with Crippen molar-refractivity contribution in [2.24, 2.45) is 0 Å². The zero-order chi connectivity index (χ0) is 22.7. The zero-order valence-electron chi connectivity index (χ0n) is 17.5. The number of para-hydroxylation sites is 2. The van der Waals surface area contributed by atoms with Crippen molar-refractivity contribution in [2.45, 2.75) is 32.5 Å². The summed E-state index contributed by atoms with van der Waals surface area (Å²) in [6.07, 6.45) is 2.10. The van der Waals surface area contributed by atoms with Crippen LogP contribution in [-0.2, 0) is 24.3 Å². The molecule has 1 amide bonds. The molecule has 0 saturated heterocycles. The van der Waals surface area contributed by atoms with Crippen molar-refractivity contribution >= 4 is 28.5 Å². The van der Waals surface area contributed by atoms with Gasteiger partial charge in [-0.2, -0.15) is 0 Å². The van der Waals surface area contributed by atoms with Gasteiger partial charge in [-0.3, -0.25) is 23.5 Å². The average molecular weight is 452 g/mol. The van der Waals surface area contributed by atoms with E-state index in [4.69, 9.17) is 16.0 Å².